The number of hydrogen-bond acceptors (Lipinski definition) is 3. The summed E-state index contributed by atoms with van der Waals surface area (Å²) < 4.78 is 6.09. The lowest BCUT2D eigenvalue weighted by atomic mass is 9.79. The lowest BCUT2D eigenvalue weighted by molar-refractivity contribution is -0.0849. The number of halogens is 1. The highest BCUT2D eigenvalue weighted by atomic mass is 79.9. The van der Waals surface area contributed by atoms with Gasteiger partial charge in [-0.2, -0.15) is 0 Å². The highest BCUT2D eigenvalue weighted by Crippen LogP contribution is 2.42. The summed E-state index contributed by atoms with van der Waals surface area (Å²) in [6.07, 6.45) is 4.75. The molecule has 0 saturated heterocycles. The Hall–Kier alpha value is -0.680. The number of rotatable bonds is 4. The normalized spacial score (nSPS) is 17.8. The number of hydrogen-bond donors (Lipinski definition) is 1. The molecule has 0 aliphatic heterocycles. The van der Waals surface area contributed by atoms with Crippen molar-refractivity contribution in [2.24, 2.45) is 0 Å². The van der Waals surface area contributed by atoms with Crippen LogP contribution < -0.4 is 5.56 Å². The Morgan fingerprint density at radius 3 is 2.71 bits per heavy atom. The minimum absolute atomic E-state index is 0.109. The molecule has 0 unspecified atom stereocenters. The number of aromatic nitrogens is 2. The Labute approximate surface area is 109 Å². The lowest BCUT2D eigenvalue weighted by Gasteiger charge is -2.39. The van der Waals surface area contributed by atoms with Gasteiger partial charge in [0.15, 0.2) is 0 Å². The Morgan fingerprint density at radius 2 is 2.24 bits per heavy atom. The molecule has 1 aromatic heterocycles. The summed E-state index contributed by atoms with van der Waals surface area (Å²) in [5, 5.41) is 0. The summed E-state index contributed by atoms with van der Waals surface area (Å²) in [4.78, 5) is 19.2. The van der Waals surface area contributed by atoms with Gasteiger partial charge in [-0.15, -0.1) is 0 Å². The van der Waals surface area contributed by atoms with Crippen LogP contribution in [0.4, 0.5) is 0 Å². The van der Waals surface area contributed by atoms with Crippen molar-refractivity contribution >= 4 is 15.9 Å². The Balaban J connectivity index is 2.45. The number of nitrogens with zero attached hydrogens (tertiary/aromatic N) is 1. The molecule has 5 heteroatoms. The molecule has 1 aliphatic carbocycles. The van der Waals surface area contributed by atoms with E-state index in [4.69, 9.17) is 4.74 Å². The summed E-state index contributed by atoms with van der Waals surface area (Å²) in [7, 11) is 1.68. The van der Waals surface area contributed by atoms with Crippen LogP contribution in [0.25, 0.3) is 0 Å². The molecule has 1 aromatic rings. The molecular weight excluding hydrogens is 284 g/mol. The first kappa shape index (κ1) is 12.8. The first-order valence-electron chi connectivity index (χ1n) is 5.97. The number of nitrogens with one attached hydrogen (secondary N) is 1. The van der Waals surface area contributed by atoms with Crippen LogP contribution in [0, 0.1) is 0 Å². The molecule has 4 nitrogen and oxygen atoms in total. The van der Waals surface area contributed by atoms with Crippen LogP contribution in [-0.4, -0.2) is 17.1 Å². The van der Waals surface area contributed by atoms with Crippen molar-refractivity contribution in [3.05, 3.63) is 26.3 Å². The second-order valence-corrected chi connectivity index (χ2v) is 5.27. The maximum atomic E-state index is 11.8. The third kappa shape index (κ3) is 2.18. The predicted octanol–water partition coefficient (Wildman–Crippen LogP) is 2.51. The van der Waals surface area contributed by atoms with Gasteiger partial charge in [0.2, 0.25) is 0 Å². The van der Waals surface area contributed by atoms with E-state index in [1.165, 1.54) is 0 Å². The number of H-pyrrole nitrogens is 1. The fourth-order valence-electron chi connectivity index (χ4n) is 2.16. The summed E-state index contributed by atoms with van der Waals surface area (Å²) in [6, 6.07) is 0. The van der Waals surface area contributed by atoms with Gasteiger partial charge in [-0.1, -0.05) is 13.3 Å². The van der Waals surface area contributed by atoms with Crippen molar-refractivity contribution in [2.45, 2.75) is 44.6 Å². The van der Waals surface area contributed by atoms with Crippen molar-refractivity contribution < 1.29 is 4.74 Å². The van der Waals surface area contributed by atoms with E-state index in [1.807, 2.05) is 0 Å². The van der Waals surface area contributed by atoms with Gasteiger partial charge >= 0.3 is 0 Å². The largest absolute Gasteiger partial charge is 0.370 e. The molecule has 0 spiro atoms. The molecule has 0 radical (unpaired) electrons. The molecule has 1 fully saturated rings. The smallest absolute Gasteiger partial charge is 0.265 e. The molecular formula is C12H17BrN2O2. The Kier molecular flexibility index (Phi) is 3.68. The van der Waals surface area contributed by atoms with Crippen LogP contribution >= 0.6 is 15.9 Å². The Bertz CT molecular complexity index is 461. The van der Waals surface area contributed by atoms with Crippen LogP contribution in [0.3, 0.4) is 0 Å². The van der Waals surface area contributed by atoms with Crippen molar-refractivity contribution in [3.8, 4) is 0 Å². The number of aryl methyl sites for hydroxylation is 1. The molecule has 94 valence electrons. The third-order valence-electron chi connectivity index (χ3n) is 3.40. The van der Waals surface area contributed by atoms with E-state index in [9.17, 15) is 4.79 Å². The van der Waals surface area contributed by atoms with Gasteiger partial charge in [-0.05, 0) is 41.6 Å². The van der Waals surface area contributed by atoms with Crippen LogP contribution in [0.1, 0.15) is 44.1 Å². The van der Waals surface area contributed by atoms with Crippen molar-refractivity contribution in [1.29, 1.82) is 0 Å². The van der Waals surface area contributed by atoms with E-state index in [0.29, 0.717) is 10.3 Å². The molecule has 1 heterocycles. The first-order chi connectivity index (χ1) is 8.13. The maximum absolute atomic E-state index is 11.8. The van der Waals surface area contributed by atoms with Crippen molar-refractivity contribution in [2.75, 3.05) is 7.11 Å². The zero-order valence-electron chi connectivity index (χ0n) is 10.2. The van der Waals surface area contributed by atoms with Crippen LogP contribution in [0.2, 0.25) is 0 Å². The van der Waals surface area contributed by atoms with E-state index >= 15 is 0 Å². The standard InChI is InChI=1S/C12H17BrN2O2/c1-3-5-8-9(13)10(16)15-11(14-8)12(17-2)6-4-7-12/h3-7H2,1-2H3,(H,14,15,16). The van der Waals surface area contributed by atoms with E-state index in [2.05, 4.69) is 32.8 Å². The second-order valence-electron chi connectivity index (χ2n) is 4.48. The molecule has 17 heavy (non-hydrogen) atoms. The molecule has 0 aromatic carbocycles. The van der Waals surface area contributed by atoms with Gasteiger partial charge in [-0.25, -0.2) is 4.98 Å². The molecule has 0 amide bonds. The Morgan fingerprint density at radius 1 is 1.53 bits per heavy atom. The van der Waals surface area contributed by atoms with E-state index < -0.39 is 0 Å². The molecule has 1 saturated carbocycles. The SMILES string of the molecule is CCCc1nc(C2(OC)CCC2)[nH]c(=O)c1Br. The summed E-state index contributed by atoms with van der Waals surface area (Å²) >= 11 is 3.30. The van der Waals surface area contributed by atoms with Gasteiger partial charge in [-0.3, -0.25) is 4.79 Å². The minimum Gasteiger partial charge on any atom is -0.370 e. The molecule has 2 rings (SSSR count). The molecule has 0 atom stereocenters. The first-order valence-corrected chi connectivity index (χ1v) is 6.76. The number of aromatic amines is 1. The number of methoxy groups -OCH3 is 1. The van der Waals surface area contributed by atoms with Crippen molar-refractivity contribution in [1.82, 2.24) is 9.97 Å². The van der Waals surface area contributed by atoms with E-state index in [-0.39, 0.29) is 11.2 Å². The average molecular weight is 301 g/mol. The van der Waals surface area contributed by atoms with E-state index in [0.717, 1.165) is 37.8 Å². The third-order valence-corrected chi connectivity index (χ3v) is 4.22. The maximum Gasteiger partial charge on any atom is 0.265 e. The van der Waals surface area contributed by atoms with Crippen LogP contribution in [0.5, 0.6) is 0 Å². The zero-order chi connectivity index (χ0) is 12.5. The van der Waals surface area contributed by atoms with Gasteiger partial charge in [0.25, 0.3) is 5.56 Å². The quantitative estimate of drug-likeness (QED) is 0.929. The second kappa shape index (κ2) is 4.90. The molecule has 0 bridgehead atoms. The van der Waals surface area contributed by atoms with Crippen molar-refractivity contribution in [3.63, 3.8) is 0 Å². The minimum atomic E-state index is -0.359. The van der Waals surface area contributed by atoms with Crippen LogP contribution in [-0.2, 0) is 16.8 Å². The highest BCUT2D eigenvalue weighted by molar-refractivity contribution is 9.10. The number of ether oxygens (including phenoxy) is 1. The highest BCUT2D eigenvalue weighted by Gasteiger charge is 2.41. The predicted molar refractivity (Wildman–Crippen MR) is 69.1 cm³/mol. The van der Waals surface area contributed by atoms with Gasteiger partial charge in [0.1, 0.15) is 15.9 Å². The summed E-state index contributed by atoms with van der Waals surface area (Å²) in [5.74, 6) is 0.683. The molecule has 1 N–H and O–H groups in total. The van der Waals surface area contributed by atoms with Gasteiger partial charge < -0.3 is 9.72 Å². The summed E-state index contributed by atoms with van der Waals surface area (Å²) in [6.45, 7) is 2.07. The molecule has 1 aliphatic rings. The lowest BCUT2D eigenvalue weighted by Crippen LogP contribution is -2.39. The zero-order valence-corrected chi connectivity index (χ0v) is 11.8. The van der Waals surface area contributed by atoms with E-state index in [1.54, 1.807) is 7.11 Å². The van der Waals surface area contributed by atoms with Crippen LogP contribution in [0.15, 0.2) is 9.27 Å². The monoisotopic (exact) mass is 300 g/mol. The average Bonchev–Trinajstić information content (AvgIpc) is 2.24. The fourth-order valence-corrected chi connectivity index (χ4v) is 2.55. The fraction of sp³-hybridized carbons (Fsp3) is 0.667. The van der Waals surface area contributed by atoms with Gasteiger partial charge in [0, 0.05) is 7.11 Å². The van der Waals surface area contributed by atoms with Gasteiger partial charge in [0.05, 0.1) is 5.69 Å². The topological polar surface area (TPSA) is 55.0 Å². The summed E-state index contributed by atoms with van der Waals surface area (Å²) in [5.41, 5.74) is 0.360.